The first-order valence-corrected chi connectivity index (χ1v) is 3.99. The van der Waals surface area contributed by atoms with Crippen molar-refractivity contribution >= 4 is 0 Å². The standard InChI is InChI=1S/C9H6N6/c10-4-9(5-11,6-12)2-1-3-15(7-13)8-14/h1-3H2. The zero-order valence-corrected chi connectivity index (χ0v) is 7.80. The highest BCUT2D eigenvalue weighted by Gasteiger charge is 2.29. The molecule has 0 bridgehead atoms. The Labute approximate surface area is 87.4 Å². The molecule has 0 radical (unpaired) electrons. The van der Waals surface area contributed by atoms with E-state index in [1.54, 1.807) is 30.6 Å². The lowest BCUT2D eigenvalue weighted by atomic mass is 9.88. The summed E-state index contributed by atoms with van der Waals surface area (Å²) in [7, 11) is 0. The lowest BCUT2D eigenvalue weighted by molar-refractivity contribution is 0.470. The molecule has 0 aliphatic carbocycles. The summed E-state index contributed by atoms with van der Waals surface area (Å²) in [6.07, 6.45) is 3.51. The third kappa shape index (κ3) is 3.23. The van der Waals surface area contributed by atoms with Gasteiger partial charge in [-0.15, -0.1) is 0 Å². The summed E-state index contributed by atoms with van der Waals surface area (Å²) in [5.41, 5.74) is -1.67. The predicted octanol–water partition coefficient (Wildman–Crippen LogP) is 0.588. The molecule has 6 heteroatoms. The van der Waals surface area contributed by atoms with Gasteiger partial charge in [0.05, 0.1) is 0 Å². The van der Waals surface area contributed by atoms with E-state index in [2.05, 4.69) is 0 Å². The van der Waals surface area contributed by atoms with E-state index in [1.165, 1.54) is 0 Å². The maximum atomic E-state index is 8.62. The second-order valence-corrected chi connectivity index (χ2v) is 2.70. The first-order valence-electron chi connectivity index (χ1n) is 3.99. The zero-order valence-electron chi connectivity index (χ0n) is 7.80. The van der Waals surface area contributed by atoms with Crippen molar-refractivity contribution in [3.05, 3.63) is 0 Å². The van der Waals surface area contributed by atoms with Crippen LogP contribution in [-0.2, 0) is 0 Å². The summed E-state index contributed by atoms with van der Waals surface area (Å²) in [6.45, 7) is 0.111. The normalized spacial score (nSPS) is 8.47. The molecule has 0 aliphatic rings. The molecule has 0 unspecified atom stereocenters. The van der Waals surface area contributed by atoms with Crippen molar-refractivity contribution in [3.8, 4) is 30.6 Å². The minimum absolute atomic E-state index is 0.0242. The van der Waals surface area contributed by atoms with Gasteiger partial charge in [0.2, 0.25) is 5.41 Å². The van der Waals surface area contributed by atoms with Crippen molar-refractivity contribution in [2.24, 2.45) is 5.41 Å². The first kappa shape index (κ1) is 12.2. The Morgan fingerprint density at radius 1 is 0.867 bits per heavy atom. The van der Waals surface area contributed by atoms with Crippen LogP contribution in [0.1, 0.15) is 12.8 Å². The molecule has 0 rings (SSSR count). The molecule has 72 valence electrons. The van der Waals surface area contributed by atoms with Gasteiger partial charge in [-0.25, -0.2) is 4.90 Å². The highest BCUT2D eigenvalue weighted by molar-refractivity contribution is 5.25. The third-order valence-electron chi connectivity index (χ3n) is 1.75. The van der Waals surface area contributed by atoms with Crippen LogP contribution in [0.4, 0.5) is 0 Å². The summed E-state index contributed by atoms with van der Waals surface area (Å²) in [5, 5.41) is 42.6. The lowest BCUT2D eigenvalue weighted by Crippen LogP contribution is -2.18. The quantitative estimate of drug-likeness (QED) is 0.481. The average Bonchev–Trinajstić information content (AvgIpc) is 2.31. The summed E-state index contributed by atoms with van der Waals surface area (Å²) in [4.78, 5) is 0.816. The Hall–Kier alpha value is -2.75. The van der Waals surface area contributed by atoms with Crippen molar-refractivity contribution in [2.75, 3.05) is 6.54 Å². The second kappa shape index (κ2) is 5.82. The van der Waals surface area contributed by atoms with Gasteiger partial charge in [-0.05, 0) is 12.8 Å². The lowest BCUT2D eigenvalue weighted by Gasteiger charge is -2.09. The molecule has 0 saturated carbocycles. The van der Waals surface area contributed by atoms with E-state index in [9.17, 15) is 0 Å². The molecule has 0 aromatic rings. The molecule has 0 fully saturated rings. The minimum atomic E-state index is -1.67. The van der Waals surface area contributed by atoms with E-state index in [-0.39, 0.29) is 19.4 Å². The van der Waals surface area contributed by atoms with Gasteiger partial charge in [-0.1, -0.05) is 0 Å². The van der Waals surface area contributed by atoms with E-state index in [4.69, 9.17) is 26.3 Å². The van der Waals surface area contributed by atoms with Crippen LogP contribution in [-0.4, -0.2) is 11.4 Å². The zero-order chi connectivity index (χ0) is 11.7. The molecule has 0 aromatic heterocycles. The fourth-order valence-corrected chi connectivity index (χ4v) is 0.867. The third-order valence-corrected chi connectivity index (χ3v) is 1.75. The van der Waals surface area contributed by atoms with Crippen molar-refractivity contribution in [1.29, 1.82) is 26.3 Å². The maximum Gasteiger partial charge on any atom is 0.228 e. The molecule has 0 saturated heterocycles. The highest BCUT2D eigenvalue weighted by Crippen LogP contribution is 2.20. The Morgan fingerprint density at radius 3 is 1.67 bits per heavy atom. The topological polar surface area (TPSA) is 122 Å². The van der Waals surface area contributed by atoms with Crippen molar-refractivity contribution < 1.29 is 0 Å². The average molecular weight is 198 g/mol. The van der Waals surface area contributed by atoms with Gasteiger partial charge in [0.1, 0.15) is 18.2 Å². The number of rotatable bonds is 4. The van der Waals surface area contributed by atoms with Crippen LogP contribution in [0, 0.1) is 62.3 Å². The number of nitriles is 5. The van der Waals surface area contributed by atoms with Gasteiger partial charge < -0.3 is 0 Å². The van der Waals surface area contributed by atoms with E-state index in [1.807, 2.05) is 0 Å². The van der Waals surface area contributed by atoms with Crippen LogP contribution in [0.25, 0.3) is 0 Å². The predicted molar refractivity (Wildman–Crippen MR) is 46.4 cm³/mol. The van der Waals surface area contributed by atoms with Gasteiger partial charge in [0.25, 0.3) is 0 Å². The molecule has 0 spiro atoms. The van der Waals surface area contributed by atoms with Crippen molar-refractivity contribution in [3.63, 3.8) is 0 Å². The van der Waals surface area contributed by atoms with Crippen LogP contribution < -0.4 is 0 Å². The van der Waals surface area contributed by atoms with Crippen LogP contribution in [0.5, 0.6) is 0 Å². The van der Waals surface area contributed by atoms with E-state index >= 15 is 0 Å². The molecule has 0 aromatic carbocycles. The molecule has 0 amide bonds. The molecule has 15 heavy (non-hydrogen) atoms. The summed E-state index contributed by atoms with van der Waals surface area (Å²) in [6, 6.07) is 4.85. The van der Waals surface area contributed by atoms with Gasteiger partial charge in [0, 0.05) is 6.54 Å². The van der Waals surface area contributed by atoms with Crippen LogP contribution in [0.3, 0.4) is 0 Å². The smallest absolute Gasteiger partial charge is 0.216 e. The fraction of sp³-hybridized carbons (Fsp3) is 0.444. The minimum Gasteiger partial charge on any atom is -0.216 e. The van der Waals surface area contributed by atoms with Crippen molar-refractivity contribution in [2.45, 2.75) is 12.8 Å². The van der Waals surface area contributed by atoms with Gasteiger partial charge in [-0.2, -0.15) is 26.3 Å². The fourth-order valence-electron chi connectivity index (χ4n) is 0.867. The molecule has 0 aliphatic heterocycles. The van der Waals surface area contributed by atoms with Crippen LogP contribution >= 0.6 is 0 Å². The molecule has 0 N–H and O–H groups in total. The first-order chi connectivity index (χ1) is 7.17. The number of hydrogen-bond donors (Lipinski definition) is 0. The highest BCUT2D eigenvalue weighted by atomic mass is 15.1. The van der Waals surface area contributed by atoms with Crippen molar-refractivity contribution in [1.82, 2.24) is 4.90 Å². The van der Waals surface area contributed by atoms with Gasteiger partial charge >= 0.3 is 0 Å². The van der Waals surface area contributed by atoms with Gasteiger partial charge in [0.15, 0.2) is 12.4 Å². The SMILES string of the molecule is N#CN(C#N)CCCC(C#N)(C#N)C#N. The molecule has 0 heterocycles. The molecule has 6 nitrogen and oxygen atoms in total. The number of hydrogen-bond acceptors (Lipinski definition) is 6. The van der Waals surface area contributed by atoms with Gasteiger partial charge in [-0.3, -0.25) is 0 Å². The maximum absolute atomic E-state index is 8.62. The molecular weight excluding hydrogens is 192 g/mol. The Balaban J connectivity index is 4.27. The second-order valence-electron chi connectivity index (χ2n) is 2.70. The summed E-state index contributed by atoms with van der Waals surface area (Å²) >= 11 is 0. The monoisotopic (exact) mass is 198 g/mol. The molecular formula is C9H6N6. The molecule has 0 atom stereocenters. The Bertz CT molecular complexity index is 368. The van der Waals surface area contributed by atoms with Crippen LogP contribution in [0.2, 0.25) is 0 Å². The van der Waals surface area contributed by atoms with Crippen LogP contribution in [0.15, 0.2) is 0 Å². The summed E-state index contributed by atoms with van der Waals surface area (Å²) < 4.78 is 0. The number of nitrogens with zero attached hydrogens (tertiary/aromatic N) is 6. The van der Waals surface area contributed by atoms with E-state index < -0.39 is 5.41 Å². The van der Waals surface area contributed by atoms with E-state index in [0.29, 0.717) is 0 Å². The Morgan fingerprint density at radius 2 is 1.33 bits per heavy atom. The van der Waals surface area contributed by atoms with E-state index in [0.717, 1.165) is 4.90 Å². The summed E-state index contributed by atoms with van der Waals surface area (Å²) in [5.74, 6) is 0. The largest absolute Gasteiger partial charge is 0.228 e. The Kier molecular flexibility index (Phi) is 4.75.